The van der Waals surface area contributed by atoms with Gasteiger partial charge in [0.1, 0.15) is 23.2 Å². The zero-order chi connectivity index (χ0) is 29.9. The van der Waals surface area contributed by atoms with Gasteiger partial charge < -0.3 is 4.74 Å². The van der Waals surface area contributed by atoms with E-state index in [-0.39, 0.29) is 17.8 Å². The van der Waals surface area contributed by atoms with Gasteiger partial charge in [-0.1, -0.05) is 42.5 Å². The third-order valence-corrected chi connectivity index (χ3v) is 8.61. The molecule has 2 aromatic carbocycles. The molecule has 0 N–H and O–H groups in total. The van der Waals surface area contributed by atoms with Crippen molar-refractivity contribution in [1.29, 1.82) is 0 Å². The van der Waals surface area contributed by atoms with Crippen LogP contribution >= 0.6 is 0 Å². The van der Waals surface area contributed by atoms with Crippen molar-refractivity contribution in [3.05, 3.63) is 112 Å². The average Bonchev–Trinajstić information content (AvgIpc) is 3.29. The fraction of sp³-hybridized carbons (Fsp3) is 0.343. The summed E-state index contributed by atoms with van der Waals surface area (Å²) in [5, 5.41) is 8.69. The van der Waals surface area contributed by atoms with E-state index in [1.807, 2.05) is 37.5 Å². The van der Waals surface area contributed by atoms with Gasteiger partial charge >= 0.3 is 0 Å². The van der Waals surface area contributed by atoms with Crippen LogP contribution in [0.4, 0.5) is 0 Å². The van der Waals surface area contributed by atoms with Gasteiger partial charge in [-0.15, -0.1) is 5.10 Å². The number of pyridine rings is 2. The number of aromatic nitrogens is 5. The molecule has 8 heteroatoms. The first-order chi connectivity index (χ1) is 20.9. The Morgan fingerprint density at radius 2 is 1.95 bits per heavy atom. The average molecular weight is 575 g/mol. The molecule has 6 rings (SSSR count). The van der Waals surface area contributed by atoms with Gasteiger partial charge in [0, 0.05) is 64.0 Å². The monoisotopic (exact) mass is 574 g/mol. The van der Waals surface area contributed by atoms with E-state index < -0.39 is 0 Å². The standard InChI is InChI=1S/C35H38N6O2/c1-5-29-21-41(22-32-34(43-29)9-7-15-37-32)20-27-17-26(11-10-23(27)2)31(18-28(42)16-25-8-6-14-36-19-25)30-12-13-33-35(24(30)3)38-39-40(33)4/h6-15,17,19,29,31H,5,16,18,20-22H2,1-4H3/t29-,31-/m1/s1. The molecule has 0 spiro atoms. The summed E-state index contributed by atoms with van der Waals surface area (Å²) in [6.07, 6.45) is 7.11. The summed E-state index contributed by atoms with van der Waals surface area (Å²) in [7, 11) is 1.90. The second-order valence-electron chi connectivity index (χ2n) is 11.6. The Labute approximate surface area is 252 Å². The highest BCUT2D eigenvalue weighted by Gasteiger charge is 2.26. The van der Waals surface area contributed by atoms with Crippen LogP contribution in [0.2, 0.25) is 0 Å². The molecular formula is C35H38N6O2. The molecule has 8 nitrogen and oxygen atoms in total. The van der Waals surface area contributed by atoms with Crippen molar-refractivity contribution in [1.82, 2.24) is 29.9 Å². The van der Waals surface area contributed by atoms with Crippen LogP contribution in [0.15, 0.2) is 73.2 Å². The molecule has 0 radical (unpaired) electrons. The van der Waals surface area contributed by atoms with Crippen LogP contribution in [0.3, 0.4) is 0 Å². The van der Waals surface area contributed by atoms with E-state index in [2.05, 4.69) is 76.3 Å². The Bertz CT molecular complexity index is 1750. The lowest BCUT2D eigenvalue weighted by Gasteiger charge is -2.25. The van der Waals surface area contributed by atoms with Gasteiger partial charge in [-0.3, -0.25) is 19.7 Å². The molecule has 0 amide bonds. The Balaban J connectivity index is 1.35. The Morgan fingerprint density at radius 1 is 1.09 bits per heavy atom. The molecule has 0 saturated carbocycles. The maximum absolute atomic E-state index is 13.6. The summed E-state index contributed by atoms with van der Waals surface area (Å²) in [6, 6.07) is 18.7. The van der Waals surface area contributed by atoms with Crippen LogP contribution in [0.1, 0.15) is 64.8 Å². The molecule has 1 aliphatic heterocycles. The summed E-state index contributed by atoms with van der Waals surface area (Å²) in [6.45, 7) is 8.74. The molecule has 2 atom stereocenters. The van der Waals surface area contributed by atoms with E-state index in [1.54, 1.807) is 17.1 Å². The smallest absolute Gasteiger partial charge is 0.142 e. The molecule has 0 saturated heterocycles. The van der Waals surface area contributed by atoms with Crippen LogP contribution in [-0.2, 0) is 31.4 Å². The number of aryl methyl sites for hydroxylation is 3. The van der Waals surface area contributed by atoms with Gasteiger partial charge in [-0.05, 0) is 77.9 Å². The molecule has 0 aliphatic carbocycles. The number of Topliss-reactive ketones (excluding diaryl/α,β-unsaturated/α-hetero) is 1. The first kappa shape index (κ1) is 28.7. The Morgan fingerprint density at radius 3 is 2.77 bits per heavy atom. The van der Waals surface area contributed by atoms with Crippen LogP contribution < -0.4 is 4.74 Å². The molecule has 3 aromatic heterocycles. The SMILES string of the molecule is CC[C@@H]1CN(Cc2cc([C@@H](CC(=O)Cc3cccnc3)c3ccc4c(nnn4C)c3C)ccc2C)Cc2ncccc2O1. The highest BCUT2D eigenvalue weighted by molar-refractivity contribution is 5.84. The summed E-state index contributed by atoms with van der Waals surface area (Å²) >= 11 is 0. The minimum atomic E-state index is -0.117. The summed E-state index contributed by atoms with van der Waals surface area (Å²) < 4.78 is 8.10. The minimum Gasteiger partial charge on any atom is -0.487 e. The molecule has 4 heterocycles. The Kier molecular flexibility index (Phi) is 8.29. The molecule has 0 unspecified atom stereocenters. The number of ether oxygens (including phenoxy) is 1. The van der Waals surface area contributed by atoms with Crippen LogP contribution in [0.25, 0.3) is 11.0 Å². The number of fused-ring (bicyclic) bond motifs is 2. The topological polar surface area (TPSA) is 86.0 Å². The van der Waals surface area contributed by atoms with Crippen LogP contribution in [0.5, 0.6) is 5.75 Å². The minimum absolute atomic E-state index is 0.105. The van der Waals surface area contributed by atoms with Crippen LogP contribution in [0, 0.1) is 13.8 Å². The number of carbonyl (C=O) groups excluding carboxylic acids is 1. The van der Waals surface area contributed by atoms with Crippen molar-refractivity contribution in [2.24, 2.45) is 7.05 Å². The second-order valence-corrected chi connectivity index (χ2v) is 11.6. The van der Waals surface area contributed by atoms with Gasteiger partial charge in [-0.2, -0.15) is 0 Å². The van der Waals surface area contributed by atoms with E-state index in [4.69, 9.17) is 4.74 Å². The molecule has 43 heavy (non-hydrogen) atoms. The first-order valence-corrected chi connectivity index (χ1v) is 15.0. The highest BCUT2D eigenvalue weighted by atomic mass is 16.5. The van der Waals surface area contributed by atoms with Crippen molar-refractivity contribution < 1.29 is 9.53 Å². The van der Waals surface area contributed by atoms with E-state index in [0.29, 0.717) is 12.8 Å². The van der Waals surface area contributed by atoms with E-state index in [1.165, 1.54) is 11.1 Å². The number of hydrogen-bond donors (Lipinski definition) is 0. The van der Waals surface area contributed by atoms with Crippen LogP contribution in [-0.4, -0.2) is 48.3 Å². The molecule has 0 bridgehead atoms. The quantitative estimate of drug-likeness (QED) is 0.217. The molecule has 220 valence electrons. The largest absolute Gasteiger partial charge is 0.487 e. The van der Waals surface area contributed by atoms with Gasteiger partial charge in [-0.25, -0.2) is 4.68 Å². The van der Waals surface area contributed by atoms with Crippen molar-refractivity contribution >= 4 is 16.8 Å². The lowest BCUT2D eigenvalue weighted by molar-refractivity contribution is -0.118. The third-order valence-electron chi connectivity index (χ3n) is 8.61. The van der Waals surface area contributed by atoms with Crippen molar-refractivity contribution in [2.75, 3.05) is 6.54 Å². The highest BCUT2D eigenvalue weighted by Crippen LogP contribution is 2.35. The summed E-state index contributed by atoms with van der Waals surface area (Å²) in [4.78, 5) is 24.8. The fourth-order valence-electron chi connectivity index (χ4n) is 6.15. The number of carbonyl (C=O) groups is 1. The summed E-state index contributed by atoms with van der Waals surface area (Å²) in [5.41, 5.74) is 9.52. The van der Waals surface area contributed by atoms with Gasteiger partial charge in [0.2, 0.25) is 0 Å². The van der Waals surface area contributed by atoms with Crippen molar-refractivity contribution in [3.8, 4) is 5.75 Å². The number of hydrogen-bond acceptors (Lipinski definition) is 7. The van der Waals surface area contributed by atoms with Crippen molar-refractivity contribution in [3.63, 3.8) is 0 Å². The van der Waals surface area contributed by atoms with E-state index in [9.17, 15) is 4.79 Å². The van der Waals surface area contributed by atoms with Gasteiger partial charge in [0.05, 0.1) is 11.2 Å². The Hall–Kier alpha value is -4.43. The number of ketones is 1. The predicted octanol–water partition coefficient (Wildman–Crippen LogP) is 5.88. The molecule has 0 fully saturated rings. The second kappa shape index (κ2) is 12.4. The molecule has 5 aromatic rings. The number of rotatable bonds is 9. The lowest BCUT2D eigenvalue weighted by atomic mass is 9.82. The maximum Gasteiger partial charge on any atom is 0.142 e. The van der Waals surface area contributed by atoms with Gasteiger partial charge in [0.15, 0.2) is 0 Å². The van der Waals surface area contributed by atoms with Crippen molar-refractivity contribution in [2.45, 2.75) is 65.1 Å². The van der Waals surface area contributed by atoms with E-state index >= 15 is 0 Å². The molecule has 1 aliphatic rings. The zero-order valence-electron chi connectivity index (χ0n) is 25.3. The third kappa shape index (κ3) is 6.20. The predicted molar refractivity (Wildman–Crippen MR) is 167 cm³/mol. The normalized spacial score (nSPS) is 16.0. The summed E-state index contributed by atoms with van der Waals surface area (Å²) in [5.74, 6) is 0.939. The van der Waals surface area contributed by atoms with Gasteiger partial charge in [0.25, 0.3) is 0 Å². The number of nitrogens with zero attached hydrogens (tertiary/aromatic N) is 6. The first-order valence-electron chi connectivity index (χ1n) is 15.0. The zero-order valence-corrected chi connectivity index (χ0v) is 25.3. The molecular weight excluding hydrogens is 536 g/mol. The fourth-order valence-corrected chi connectivity index (χ4v) is 6.15. The lowest BCUT2D eigenvalue weighted by Crippen LogP contribution is -2.32. The van der Waals surface area contributed by atoms with E-state index in [0.717, 1.165) is 70.8 Å². The maximum atomic E-state index is 13.6. The number of benzene rings is 2.